The van der Waals surface area contributed by atoms with Gasteiger partial charge < -0.3 is 10.6 Å². The van der Waals surface area contributed by atoms with Crippen molar-refractivity contribution in [1.29, 1.82) is 0 Å². The van der Waals surface area contributed by atoms with Gasteiger partial charge in [-0.1, -0.05) is 18.5 Å². The Morgan fingerprint density at radius 3 is 2.74 bits per heavy atom. The minimum atomic E-state index is -0.537. The van der Waals surface area contributed by atoms with E-state index in [9.17, 15) is 14.9 Å². The van der Waals surface area contributed by atoms with E-state index in [4.69, 9.17) is 11.6 Å². The smallest absolute Gasteiger partial charge is 0.271 e. The van der Waals surface area contributed by atoms with E-state index in [0.29, 0.717) is 12.1 Å². The third-order valence-electron chi connectivity index (χ3n) is 2.48. The van der Waals surface area contributed by atoms with Crippen LogP contribution in [0.4, 0.5) is 11.4 Å². The van der Waals surface area contributed by atoms with Crippen LogP contribution in [0.25, 0.3) is 0 Å². The van der Waals surface area contributed by atoms with Gasteiger partial charge in [0.2, 0.25) is 5.91 Å². The van der Waals surface area contributed by atoms with Crippen molar-refractivity contribution in [3.05, 3.63) is 33.3 Å². The number of rotatable bonds is 6. The topological polar surface area (TPSA) is 84.3 Å². The van der Waals surface area contributed by atoms with Crippen molar-refractivity contribution in [2.45, 2.75) is 26.3 Å². The average molecular weight is 286 g/mol. The number of carbonyl (C=O) groups excluding carboxylic acids is 1. The second kappa shape index (κ2) is 7.06. The molecule has 0 aliphatic carbocycles. The number of non-ortho nitro benzene ring substituents is 1. The highest BCUT2D eigenvalue weighted by atomic mass is 35.5. The number of hydrogen-bond acceptors (Lipinski definition) is 4. The molecule has 0 spiro atoms. The zero-order valence-corrected chi connectivity index (χ0v) is 11.5. The number of nitrogens with one attached hydrogen (secondary N) is 2. The average Bonchev–Trinajstić information content (AvgIpc) is 2.31. The molecule has 0 fully saturated rings. The molecular weight excluding hydrogens is 270 g/mol. The van der Waals surface area contributed by atoms with Crippen LogP contribution < -0.4 is 10.6 Å². The van der Waals surface area contributed by atoms with Crippen molar-refractivity contribution in [2.75, 3.05) is 11.9 Å². The highest BCUT2D eigenvalue weighted by Crippen LogP contribution is 2.26. The lowest BCUT2D eigenvalue weighted by atomic mass is 10.2. The maximum atomic E-state index is 11.7. The number of anilines is 1. The van der Waals surface area contributed by atoms with Crippen LogP contribution in [0.3, 0.4) is 0 Å². The van der Waals surface area contributed by atoms with Gasteiger partial charge in [-0.15, -0.1) is 0 Å². The van der Waals surface area contributed by atoms with Crippen molar-refractivity contribution >= 4 is 28.9 Å². The highest BCUT2D eigenvalue weighted by molar-refractivity contribution is 6.33. The second-order valence-corrected chi connectivity index (χ2v) is 4.54. The molecule has 0 aliphatic heterocycles. The van der Waals surface area contributed by atoms with Gasteiger partial charge in [-0.25, -0.2) is 0 Å². The first-order valence-electron chi connectivity index (χ1n) is 5.91. The standard InChI is InChI=1S/C12H16ClN3O3/c1-3-14-8(2)6-12(17)15-11-5-4-9(16(18)19)7-10(11)13/h4-5,7-8,14H,3,6H2,1-2H3,(H,15,17). The third kappa shape index (κ3) is 4.84. The minimum Gasteiger partial charge on any atom is -0.325 e. The predicted molar refractivity (Wildman–Crippen MR) is 74.5 cm³/mol. The van der Waals surface area contributed by atoms with Crippen LogP contribution in [0.15, 0.2) is 18.2 Å². The summed E-state index contributed by atoms with van der Waals surface area (Å²) in [6.07, 6.45) is 0.307. The maximum Gasteiger partial charge on any atom is 0.271 e. The van der Waals surface area contributed by atoms with Gasteiger partial charge >= 0.3 is 0 Å². The van der Waals surface area contributed by atoms with Crippen molar-refractivity contribution in [3.63, 3.8) is 0 Å². The molecule has 0 saturated heterocycles. The summed E-state index contributed by atoms with van der Waals surface area (Å²) < 4.78 is 0. The van der Waals surface area contributed by atoms with Crippen LogP contribution in [0.1, 0.15) is 20.3 Å². The fourth-order valence-corrected chi connectivity index (χ4v) is 1.84. The number of halogens is 1. The summed E-state index contributed by atoms with van der Waals surface area (Å²) in [4.78, 5) is 21.7. The molecule has 1 atom stereocenters. The van der Waals surface area contributed by atoms with E-state index in [-0.39, 0.29) is 22.7 Å². The van der Waals surface area contributed by atoms with Crippen LogP contribution in [-0.2, 0) is 4.79 Å². The maximum absolute atomic E-state index is 11.7. The van der Waals surface area contributed by atoms with E-state index in [0.717, 1.165) is 6.54 Å². The Hall–Kier alpha value is -1.66. The van der Waals surface area contributed by atoms with Gasteiger partial charge in [-0.05, 0) is 19.5 Å². The Morgan fingerprint density at radius 2 is 2.21 bits per heavy atom. The number of carbonyl (C=O) groups is 1. The molecule has 1 amide bonds. The van der Waals surface area contributed by atoms with Gasteiger partial charge in [0, 0.05) is 24.6 Å². The van der Waals surface area contributed by atoms with Gasteiger partial charge in [0.1, 0.15) is 0 Å². The van der Waals surface area contributed by atoms with Crippen LogP contribution in [0.2, 0.25) is 5.02 Å². The summed E-state index contributed by atoms with van der Waals surface area (Å²) in [6.45, 7) is 4.65. The Labute approximate surface area is 116 Å². The summed E-state index contributed by atoms with van der Waals surface area (Å²) in [7, 11) is 0. The predicted octanol–water partition coefficient (Wildman–Crippen LogP) is 2.57. The van der Waals surface area contributed by atoms with Gasteiger partial charge in [0.15, 0.2) is 0 Å². The molecule has 6 nitrogen and oxygen atoms in total. The molecule has 0 aromatic heterocycles. The Kier molecular flexibility index (Phi) is 5.72. The molecule has 1 aromatic carbocycles. The summed E-state index contributed by atoms with van der Waals surface area (Å²) in [5.41, 5.74) is 0.269. The Bertz CT molecular complexity index is 479. The third-order valence-corrected chi connectivity index (χ3v) is 2.79. The molecule has 7 heteroatoms. The lowest BCUT2D eigenvalue weighted by Gasteiger charge is -2.12. The number of benzene rings is 1. The quantitative estimate of drug-likeness (QED) is 0.621. The normalized spacial score (nSPS) is 11.9. The van der Waals surface area contributed by atoms with Crippen molar-refractivity contribution in [1.82, 2.24) is 5.32 Å². The Balaban J connectivity index is 2.67. The molecule has 1 rings (SSSR count). The number of amides is 1. The van der Waals surface area contributed by atoms with Crippen LogP contribution in [0, 0.1) is 10.1 Å². The monoisotopic (exact) mass is 285 g/mol. The molecule has 19 heavy (non-hydrogen) atoms. The minimum absolute atomic E-state index is 0.0572. The number of nitrogens with zero attached hydrogens (tertiary/aromatic N) is 1. The number of hydrogen-bond donors (Lipinski definition) is 2. The number of nitro benzene ring substituents is 1. The first kappa shape index (κ1) is 15.4. The second-order valence-electron chi connectivity index (χ2n) is 4.13. The first-order chi connectivity index (χ1) is 8.93. The van der Waals surface area contributed by atoms with Gasteiger partial charge in [0.05, 0.1) is 15.6 Å². The molecule has 0 aliphatic rings. The molecule has 104 valence electrons. The van der Waals surface area contributed by atoms with E-state index in [1.165, 1.54) is 18.2 Å². The SMILES string of the molecule is CCNC(C)CC(=O)Nc1ccc([N+](=O)[O-])cc1Cl. The van der Waals surface area contributed by atoms with Crippen LogP contribution >= 0.6 is 11.6 Å². The van der Waals surface area contributed by atoms with E-state index in [2.05, 4.69) is 10.6 Å². The largest absolute Gasteiger partial charge is 0.325 e. The van der Waals surface area contributed by atoms with Crippen LogP contribution in [-0.4, -0.2) is 23.4 Å². The zero-order valence-electron chi connectivity index (χ0n) is 10.8. The lowest BCUT2D eigenvalue weighted by Crippen LogP contribution is -2.30. The summed E-state index contributed by atoms with van der Waals surface area (Å²) in [5.74, 6) is -0.191. The van der Waals surface area contributed by atoms with E-state index < -0.39 is 4.92 Å². The van der Waals surface area contributed by atoms with Crippen molar-refractivity contribution < 1.29 is 9.72 Å². The fraction of sp³-hybridized carbons (Fsp3) is 0.417. The van der Waals surface area contributed by atoms with Crippen molar-refractivity contribution in [2.24, 2.45) is 0 Å². The molecule has 1 aromatic rings. The summed E-state index contributed by atoms with van der Waals surface area (Å²) in [6, 6.07) is 4.00. The number of nitro groups is 1. The van der Waals surface area contributed by atoms with E-state index in [1.54, 1.807) is 0 Å². The molecule has 0 bridgehead atoms. The molecular formula is C12H16ClN3O3. The first-order valence-corrected chi connectivity index (χ1v) is 6.29. The highest BCUT2D eigenvalue weighted by Gasteiger charge is 2.13. The molecule has 1 unspecified atom stereocenters. The van der Waals surface area contributed by atoms with Crippen molar-refractivity contribution in [3.8, 4) is 0 Å². The zero-order chi connectivity index (χ0) is 14.4. The fourth-order valence-electron chi connectivity index (χ4n) is 1.62. The van der Waals surface area contributed by atoms with Gasteiger partial charge in [0.25, 0.3) is 5.69 Å². The molecule has 0 heterocycles. The molecule has 0 saturated carbocycles. The summed E-state index contributed by atoms with van der Waals surface area (Å²) in [5, 5.41) is 16.5. The van der Waals surface area contributed by atoms with E-state index in [1.807, 2.05) is 13.8 Å². The van der Waals surface area contributed by atoms with E-state index >= 15 is 0 Å². The lowest BCUT2D eigenvalue weighted by molar-refractivity contribution is -0.384. The summed E-state index contributed by atoms with van der Waals surface area (Å²) >= 11 is 5.88. The molecule has 0 radical (unpaired) electrons. The van der Waals surface area contributed by atoms with Crippen LogP contribution in [0.5, 0.6) is 0 Å². The van der Waals surface area contributed by atoms with Gasteiger partial charge in [-0.3, -0.25) is 14.9 Å². The Morgan fingerprint density at radius 1 is 1.53 bits per heavy atom. The molecule has 2 N–H and O–H groups in total. The van der Waals surface area contributed by atoms with Gasteiger partial charge in [-0.2, -0.15) is 0 Å².